The molecule has 1 amide bonds. The van der Waals surface area contributed by atoms with Crippen LogP contribution in [0.1, 0.15) is 39.7 Å². The second-order valence-electron chi connectivity index (χ2n) is 7.36. The fourth-order valence-electron chi connectivity index (χ4n) is 3.79. The highest BCUT2D eigenvalue weighted by Gasteiger charge is 2.69. The summed E-state index contributed by atoms with van der Waals surface area (Å²) in [5, 5.41) is 0. The van der Waals surface area contributed by atoms with Gasteiger partial charge in [0.2, 0.25) is 5.91 Å². The van der Waals surface area contributed by atoms with Crippen LogP contribution in [0.3, 0.4) is 0 Å². The number of carbonyl (C=O) groups excluding carboxylic acids is 1. The molecule has 1 aliphatic heterocycles. The third kappa shape index (κ3) is 1.68. The molecular formula is C17H24N2O. The topological polar surface area (TPSA) is 46.3 Å². The maximum atomic E-state index is 13.0. The smallest absolute Gasteiger partial charge is 0.231 e. The minimum atomic E-state index is 0.0853. The van der Waals surface area contributed by atoms with Gasteiger partial charge in [-0.1, -0.05) is 33.8 Å². The van der Waals surface area contributed by atoms with Gasteiger partial charge in [0.25, 0.3) is 0 Å². The molecule has 1 aliphatic carbocycles. The standard InChI is InChI=1S/C17H24N2O/c1-16(2)14(17(16,3)4)15(20)19-9-5-6-11-7-8-12(18)10-13(11)19/h7-8,10,14H,5-6,9,18H2,1-4H3. The molecule has 2 N–H and O–H groups in total. The van der Waals surface area contributed by atoms with Crippen LogP contribution in [0.5, 0.6) is 0 Å². The van der Waals surface area contributed by atoms with Crippen molar-refractivity contribution < 1.29 is 4.79 Å². The second-order valence-corrected chi connectivity index (χ2v) is 7.36. The van der Waals surface area contributed by atoms with Crippen molar-refractivity contribution in [2.75, 3.05) is 17.2 Å². The minimum absolute atomic E-state index is 0.0853. The average molecular weight is 272 g/mol. The molecule has 20 heavy (non-hydrogen) atoms. The van der Waals surface area contributed by atoms with E-state index in [1.54, 1.807) is 0 Å². The predicted octanol–water partition coefficient (Wildman–Crippen LogP) is 3.23. The first kappa shape index (κ1) is 13.5. The molecule has 108 valence electrons. The molecule has 3 rings (SSSR count). The molecule has 3 heteroatoms. The number of hydrogen-bond acceptors (Lipinski definition) is 2. The van der Waals surface area contributed by atoms with E-state index in [2.05, 4.69) is 33.8 Å². The van der Waals surface area contributed by atoms with Crippen LogP contribution in [0.15, 0.2) is 18.2 Å². The molecule has 1 aromatic carbocycles. The number of anilines is 2. The largest absolute Gasteiger partial charge is 0.399 e. The normalized spacial score (nSPS) is 23.3. The molecule has 1 fully saturated rings. The lowest BCUT2D eigenvalue weighted by Crippen LogP contribution is -2.38. The Morgan fingerprint density at radius 2 is 1.90 bits per heavy atom. The molecule has 1 heterocycles. The number of benzene rings is 1. The van der Waals surface area contributed by atoms with Crippen molar-refractivity contribution >= 4 is 17.3 Å². The summed E-state index contributed by atoms with van der Waals surface area (Å²) < 4.78 is 0. The van der Waals surface area contributed by atoms with E-state index in [0.717, 1.165) is 30.8 Å². The predicted molar refractivity (Wildman–Crippen MR) is 82.6 cm³/mol. The molecule has 3 nitrogen and oxygen atoms in total. The van der Waals surface area contributed by atoms with E-state index in [4.69, 9.17) is 5.73 Å². The lowest BCUT2D eigenvalue weighted by Gasteiger charge is -2.30. The number of hydrogen-bond donors (Lipinski definition) is 1. The number of nitrogens with zero attached hydrogens (tertiary/aromatic N) is 1. The minimum Gasteiger partial charge on any atom is -0.399 e. The van der Waals surface area contributed by atoms with Crippen LogP contribution in [-0.4, -0.2) is 12.5 Å². The van der Waals surface area contributed by atoms with E-state index in [9.17, 15) is 4.79 Å². The van der Waals surface area contributed by atoms with Crippen molar-refractivity contribution in [3.8, 4) is 0 Å². The number of aryl methyl sites for hydroxylation is 1. The number of rotatable bonds is 1. The van der Waals surface area contributed by atoms with Gasteiger partial charge in [-0.05, 0) is 41.4 Å². The molecule has 1 aromatic rings. The summed E-state index contributed by atoms with van der Waals surface area (Å²) in [5.41, 5.74) is 9.08. The van der Waals surface area contributed by atoms with Crippen molar-refractivity contribution in [1.82, 2.24) is 0 Å². The lowest BCUT2D eigenvalue weighted by molar-refractivity contribution is -0.121. The van der Waals surface area contributed by atoms with Gasteiger partial charge in [-0.25, -0.2) is 0 Å². The first-order valence-corrected chi connectivity index (χ1v) is 7.46. The van der Waals surface area contributed by atoms with Gasteiger partial charge in [-0.15, -0.1) is 0 Å². The van der Waals surface area contributed by atoms with E-state index in [1.807, 2.05) is 17.0 Å². The summed E-state index contributed by atoms with van der Waals surface area (Å²) in [6.07, 6.45) is 2.08. The number of nitrogens with two attached hydrogens (primary N) is 1. The third-order valence-corrected chi connectivity index (χ3v) is 5.76. The van der Waals surface area contributed by atoms with Crippen LogP contribution in [0.4, 0.5) is 11.4 Å². The Labute approximate surface area is 121 Å². The molecule has 0 atom stereocenters. The highest BCUT2D eigenvalue weighted by atomic mass is 16.2. The fourth-order valence-corrected chi connectivity index (χ4v) is 3.79. The van der Waals surface area contributed by atoms with E-state index in [-0.39, 0.29) is 22.7 Å². The first-order valence-electron chi connectivity index (χ1n) is 7.46. The Kier molecular flexibility index (Phi) is 2.69. The zero-order chi connectivity index (χ0) is 14.7. The fraction of sp³-hybridized carbons (Fsp3) is 0.588. The van der Waals surface area contributed by atoms with Crippen molar-refractivity contribution in [1.29, 1.82) is 0 Å². The van der Waals surface area contributed by atoms with Crippen LogP contribution >= 0.6 is 0 Å². The zero-order valence-corrected chi connectivity index (χ0v) is 12.9. The van der Waals surface area contributed by atoms with Gasteiger partial charge in [0, 0.05) is 23.8 Å². The summed E-state index contributed by atoms with van der Waals surface area (Å²) in [7, 11) is 0. The lowest BCUT2D eigenvalue weighted by atomic mass is 10.00. The molecule has 0 spiro atoms. The molecule has 0 aromatic heterocycles. The van der Waals surface area contributed by atoms with E-state index in [0.29, 0.717) is 0 Å². The molecular weight excluding hydrogens is 248 g/mol. The Balaban J connectivity index is 1.94. The summed E-state index contributed by atoms with van der Waals surface area (Å²) in [6, 6.07) is 5.94. The SMILES string of the molecule is CC1(C)C(C(=O)N2CCCc3ccc(N)cc32)C1(C)C. The third-order valence-electron chi connectivity index (χ3n) is 5.76. The van der Waals surface area contributed by atoms with Crippen LogP contribution in [0, 0.1) is 16.7 Å². The van der Waals surface area contributed by atoms with Gasteiger partial charge in [-0.2, -0.15) is 0 Å². The molecule has 0 unspecified atom stereocenters. The van der Waals surface area contributed by atoms with E-state index < -0.39 is 0 Å². The van der Waals surface area contributed by atoms with Crippen LogP contribution in [0.2, 0.25) is 0 Å². The van der Waals surface area contributed by atoms with Gasteiger partial charge in [0.05, 0.1) is 0 Å². The molecule has 2 aliphatic rings. The maximum Gasteiger partial charge on any atom is 0.231 e. The van der Waals surface area contributed by atoms with Crippen LogP contribution in [0.25, 0.3) is 0 Å². The summed E-state index contributed by atoms with van der Waals surface area (Å²) in [5.74, 6) is 0.383. The van der Waals surface area contributed by atoms with Crippen molar-refractivity contribution in [3.05, 3.63) is 23.8 Å². The van der Waals surface area contributed by atoms with Gasteiger partial charge < -0.3 is 10.6 Å². The molecule has 0 bridgehead atoms. The Morgan fingerprint density at radius 1 is 1.25 bits per heavy atom. The van der Waals surface area contributed by atoms with Gasteiger partial charge in [0.1, 0.15) is 0 Å². The maximum absolute atomic E-state index is 13.0. The molecule has 0 radical (unpaired) electrons. The highest BCUT2D eigenvalue weighted by Crippen LogP contribution is 2.69. The number of nitrogen functional groups attached to an aromatic ring is 1. The van der Waals surface area contributed by atoms with E-state index in [1.165, 1.54) is 5.56 Å². The molecule has 0 saturated heterocycles. The van der Waals surface area contributed by atoms with Gasteiger partial charge in [0.15, 0.2) is 0 Å². The average Bonchev–Trinajstić information content (AvgIpc) is 2.78. The second kappa shape index (κ2) is 4.00. The van der Waals surface area contributed by atoms with Crippen LogP contribution in [-0.2, 0) is 11.2 Å². The summed E-state index contributed by atoms with van der Waals surface area (Å²) in [6.45, 7) is 9.59. The quantitative estimate of drug-likeness (QED) is 0.798. The Bertz CT molecular complexity index is 560. The number of amides is 1. The summed E-state index contributed by atoms with van der Waals surface area (Å²) >= 11 is 0. The van der Waals surface area contributed by atoms with E-state index >= 15 is 0 Å². The van der Waals surface area contributed by atoms with Crippen molar-refractivity contribution in [2.45, 2.75) is 40.5 Å². The van der Waals surface area contributed by atoms with Crippen molar-refractivity contribution in [2.24, 2.45) is 16.7 Å². The van der Waals surface area contributed by atoms with Gasteiger partial charge >= 0.3 is 0 Å². The molecule has 1 saturated carbocycles. The monoisotopic (exact) mass is 272 g/mol. The highest BCUT2D eigenvalue weighted by molar-refractivity contribution is 5.99. The first-order chi connectivity index (χ1) is 9.26. The zero-order valence-electron chi connectivity index (χ0n) is 12.9. The van der Waals surface area contributed by atoms with Gasteiger partial charge in [-0.3, -0.25) is 4.79 Å². The Hall–Kier alpha value is -1.51. The van der Waals surface area contributed by atoms with Crippen molar-refractivity contribution in [3.63, 3.8) is 0 Å². The Morgan fingerprint density at radius 3 is 2.50 bits per heavy atom. The summed E-state index contributed by atoms with van der Waals surface area (Å²) in [4.78, 5) is 14.9. The van der Waals surface area contributed by atoms with Crippen LogP contribution < -0.4 is 10.6 Å². The number of carbonyl (C=O) groups is 1. The number of fused-ring (bicyclic) bond motifs is 1.